The number of likely N-dealkylation sites (tertiary alicyclic amines) is 1. The second-order valence-electron chi connectivity index (χ2n) is 9.49. The van der Waals surface area contributed by atoms with Gasteiger partial charge in [-0.25, -0.2) is 9.18 Å². The molecule has 0 aliphatic carbocycles. The summed E-state index contributed by atoms with van der Waals surface area (Å²) < 4.78 is 13.9. The lowest BCUT2D eigenvalue weighted by molar-refractivity contribution is 0.0814. The summed E-state index contributed by atoms with van der Waals surface area (Å²) in [5.74, 6) is -0.670. The highest BCUT2D eigenvalue weighted by molar-refractivity contribution is 6.30. The van der Waals surface area contributed by atoms with Gasteiger partial charge >= 0.3 is 6.03 Å². The van der Waals surface area contributed by atoms with Crippen LogP contribution >= 0.6 is 11.6 Å². The number of hydrogen-bond donors (Lipinski definition) is 0. The number of pyridine rings is 1. The number of piperazine rings is 1. The Balaban J connectivity index is 1.43. The minimum absolute atomic E-state index is 0.131. The second-order valence-corrected chi connectivity index (χ2v) is 9.93. The number of benzene rings is 1. The van der Waals surface area contributed by atoms with Crippen LogP contribution in [0.2, 0.25) is 5.02 Å². The fraction of sp³-hybridized carbons (Fsp3) is 0.500. The molecule has 0 saturated carbocycles. The highest BCUT2D eigenvalue weighted by Gasteiger charge is 2.31. The van der Waals surface area contributed by atoms with Gasteiger partial charge in [0.05, 0.1) is 5.69 Å². The number of amides is 2. The van der Waals surface area contributed by atoms with Crippen LogP contribution in [0.4, 0.5) is 9.18 Å². The number of hydrogen-bond acceptors (Lipinski definition) is 4. The highest BCUT2D eigenvalue weighted by Crippen LogP contribution is 2.25. The summed E-state index contributed by atoms with van der Waals surface area (Å²) >= 11 is 6.42. The summed E-state index contributed by atoms with van der Waals surface area (Å²) in [6.07, 6.45) is 3.74. The number of urea groups is 1. The summed E-state index contributed by atoms with van der Waals surface area (Å²) in [6.45, 7) is 10.4. The molecule has 1 aromatic carbocycles. The highest BCUT2D eigenvalue weighted by atomic mass is 35.5. The molecule has 0 radical (unpaired) electrons. The van der Waals surface area contributed by atoms with Gasteiger partial charge in [0.1, 0.15) is 5.82 Å². The van der Waals surface area contributed by atoms with E-state index >= 15 is 0 Å². The lowest BCUT2D eigenvalue weighted by Gasteiger charge is -2.41. The van der Waals surface area contributed by atoms with Gasteiger partial charge in [-0.15, -0.1) is 0 Å². The van der Waals surface area contributed by atoms with Crippen molar-refractivity contribution in [3.8, 4) is 0 Å². The molecule has 3 heterocycles. The van der Waals surface area contributed by atoms with E-state index in [-0.39, 0.29) is 35.5 Å². The molecule has 6 nitrogen and oxygen atoms in total. The van der Waals surface area contributed by atoms with E-state index in [2.05, 4.69) is 16.8 Å². The number of halogens is 2. The van der Waals surface area contributed by atoms with Gasteiger partial charge in [-0.3, -0.25) is 14.7 Å². The molecule has 1 atom stereocenters. The van der Waals surface area contributed by atoms with Gasteiger partial charge < -0.3 is 9.80 Å². The topological polar surface area (TPSA) is 56.8 Å². The summed E-state index contributed by atoms with van der Waals surface area (Å²) in [5, 5.41) is 0.576. The van der Waals surface area contributed by atoms with Crippen molar-refractivity contribution < 1.29 is 14.0 Å². The van der Waals surface area contributed by atoms with Crippen LogP contribution < -0.4 is 0 Å². The minimum Gasteiger partial charge on any atom is -0.325 e. The molecule has 2 aliphatic heterocycles. The number of carbonyl (C=O) groups excluding carboxylic acids is 2. The molecule has 2 aromatic rings. The number of ketones is 1. The van der Waals surface area contributed by atoms with Gasteiger partial charge in [-0.05, 0) is 68.5 Å². The molecule has 34 heavy (non-hydrogen) atoms. The van der Waals surface area contributed by atoms with Crippen LogP contribution in [0.5, 0.6) is 0 Å². The van der Waals surface area contributed by atoms with Crippen LogP contribution in [-0.2, 0) is 13.0 Å². The molecule has 2 saturated heterocycles. The van der Waals surface area contributed by atoms with Crippen molar-refractivity contribution in [2.45, 2.75) is 52.6 Å². The monoisotopic (exact) mass is 486 g/mol. The van der Waals surface area contributed by atoms with Crippen molar-refractivity contribution in [2.75, 3.05) is 32.7 Å². The molecule has 2 amide bonds. The van der Waals surface area contributed by atoms with E-state index in [0.717, 1.165) is 55.7 Å². The van der Waals surface area contributed by atoms with Gasteiger partial charge in [-0.2, -0.15) is 0 Å². The Morgan fingerprint density at radius 1 is 1.09 bits per heavy atom. The third-order valence-electron chi connectivity index (χ3n) is 7.01. The third-order valence-corrected chi connectivity index (χ3v) is 7.23. The van der Waals surface area contributed by atoms with E-state index in [4.69, 9.17) is 11.6 Å². The summed E-state index contributed by atoms with van der Waals surface area (Å²) in [4.78, 5) is 35.9. The van der Waals surface area contributed by atoms with Crippen LogP contribution in [0.3, 0.4) is 0 Å². The standard InChI is InChI=1S/C26H32ClFN4O2/c1-17-15-30(8-9-32(17)26(34)31-6-4-5-7-31)16-22-11-23(27)10-20(18(22)2)13-25(33)21-12-24(28)19(3)29-14-21/h10-12,14,17H,4-9,13,15-16H2,1-3H3/t17-/m0/s1. The maximum atomic E-state index is 13.9. The average molecular weight is 487 g/mol. The lowest BCUT2D eigenvalue weighted by Crippen LogP contribution is -2.56. The molecule has 0 unspecified atom stereocenters. The summed E-state index contributed by atoms with van der Waals surface area (Å²) in [5.41, 5.74) is 3.45. The fourth-order valence-corrected chi connectivity index (χ4v) is 5.13. The van der Waals surface area contributed by atoms with Crippen molar-refractivity contribution >= 4 is 23.4 Å². The maximum Gasteiger partial charge on any atom is 0.320 e. The molecule has 0 bridgehead atoms. The van der Waals surface area contributed by atoms with Crippen LogP contribution in [0.1, 0.15) is 52.5 Å². The Morgan fingerprint density at radius 3 is 2.47 bits per heavy atom. The molecular formula is C26H32ClFN4O2. The molecule has 0 spiro atoms. The molecule has 1 aromatic heterocycles. The predicted molar refractivity (Wildman–Crippen MR) is 131 cm³/mol. The lowest BCUT2D eigenvalue weighted by atomic mass is 9.96. The Labute approximate surface area is 205 Å². The van der Waals surface area contributed by atoms with E-state index in [9.17, 15) is 14.0 Å². The van der Waals surface area contributed by atoms with Crippen molar-refractivity contribution in [1.82, 2.24) is 19.7 Å². The van der Waals surface area contributed by atoms with Crippen molar-refractivity contribution in [1.29, 1.82) is 0 Å². The van der Waals surface area contributed by atoms with Gasteiger partial charge in [0.25, 0.3) is 0 Å². The van der Waals surface area contributed by atoms with Crippen molar-refractivity contribution in [3.63, 3.8) is 0 Å². The summed E-state index contributed by atoms with van der Waals surface area (Å²) in [7, 11) is 0. The summed E-state index contributed by atoms with van der Waals surface area (Å²) in [6, 6.07) is 5.30. The number of carbonyl (C=O) groups is 2. The maximum absolute atomic E-state index is 13.9. The second kappa shape index (κ2) is 10.4. The Bertz CT molecular complexity index is 1090. The first kappa shape index (κ1) is 24.6. The zero-order valence-electron chi connectivity index (χ0n) is 20.1. The normalized spacial score (nSPS) is 19.0. The number of rotatable bonds is 5. The number of aryl methyl sites for hydroxylation is 1. The van der Waals surface area contributed by atoms with E-state index < -0.39 is 5.82 Å². The molecule has 4 rings (SSSR count). The predicted octanol–water partition coefficient (Wildman–Crippen LogP) is 4.64. The number of nitrogens with zero attached hydrogens (tertiary/aromatic N) is 4. The molecule has 2 fully saturated rings. The molecule has 182 valence electrons. The smallest absolute Gasteiger partial charge is 0.320 e. The zero-order valence-corrected chi connectivity index (χ0v) is 20.9. The van der Waals surface area contributed by atoms with E-state index in [1.54, 1.807) is 6.92 Å². The van der Waals surface area contributed by atoms with Crippen molar-refractivity contribution in [3.05, 3.63) is 63.2 Å². The van der Waals surface area contributed by atoms with E-state index in [1.165, 1.54) is 12.3 Å². The molecule has 8 heteroatoms. The number of Topliss-reactive ketones (excluding diaryl/α,β-unsaturated/α-hetero) is 1. The van der Waals surface area contributed by atoms with Gasteiger partial charge in [0.2, 0.25) is 0 Å². The van der Waals surface area contributed by atoms with Crippen LogP contribution in [0.25, 0.3) is 0 Å². The SMILES string of the molecule is Cc1ncc(C(=O)Cc2cc(Cl)cc(CN3CCN(C(=O)N4CCCC4)[C@@H](C)C3)c2C)cc1F. The Hall–Kier alpha value is -2.51. The number of aromatic nitrogens is 1. The van der Waals surface area contributed by atoms with E-state index in [1.807, 2.05) is 28.9 Å². The van der Waals surface area contributed by atoms with Gasteiger partial charge in [-0.1, -0.05) is 11.6 Å². The third kappa shape index (κ3) is 5.41. The van der Waals surface area contributed by atoms with E-state index in [0.29, 0.717) is 18.1 Å². The van der Waals surface area contributed by atoms with Crippen LogP contribution in [-0.4, -0.2) is 70.3 Å². The quantitative estimate of drug-likeness (QED) is 0.578. The van der Waals surface area contributed by atoms with Gasteiger partial charge in [0.15, 0.2) is 5.78 Å². The zero-order chi connectivity index (χ0) is 24.4. The molecule has 2 aliphatic rings. The first-order valence-corrected chi connectivity index (χ1v) is 12.3. The molecular weight excluding hydrogens is 455 g/mol. The average Bonchev–Trinajstić information content (AvgIpc) is 3.33. The Morgan fingerprint density at radius 2 is 1.79 bits per heavy atom. The molecule has 0 N–H and O–H groups in total. The first-order valence-electron chi connectivity index (χ1n) is 11.9. The largest absolute Gasteiger partial charge is 0.325 e. The van der Waals surface area contributed by atoms with Crippen molar-refractivity contribution in [2.24, 2.45) is 0 Å². The van der Waals surface area contributed by atoms with Crippen LogP contribution in [0, 0.1) is 19.7 Å². The fourth-order valence-electron chi connectivity index (χ4n) is 4.87. The van der Waals surface area contributed by atoms with Gasteiger partial charge in [0, 0.05) is 68.5 Å². The minimum atomic E-state index is -0.481. The Kier molecular flexibility index (Phi) is 7.53. The first-order chi connectivity index (χ1) is 16.2. The van der Waals surface area contributed by atoms with Crippen LogP contribution in [0.15, 0.2) is 24.4 Å².